The molecular weight excluding hydrogens is 287 g/mol. The Kier molecular flexibility index (Phi) is 3.31. The van der Waals surface area contributed by atoms with Crippen LogP contribution >= 0.6 is 22.9 Å². The molecule has 0 atom stereocenters. The molecule has 96 valence electrons. The summed E-state index contributed by atoms with van der Waals surface area (Å²) in [6.07, 6.45) is 1.46. The molecule has 2 heterocycles. The van der Waals surface area contributed by atoms with E-state index in [1.165, 1.54) is 29.8 Å². The fourth-order valence-corrected chi connectivity index (χ4v) is 2.61. The standard InChI is InChI=1S/C13H8ClFN2OS/c14-11-5-9(15)2-1-8(11)6-18-12-10-3-4-19-13(10)17-7-16-12/h1-5,7H,6H2. The molecule has 3 nitrogen and oxygen atoms in total. The van der Waals surface area contributed by atoms with Gasteiger partial charge in [-0.15, -0.1) is 11.3 Å². The highest BCUT2D eigenvalue weighted by atomic mass is 35.5. The molecule has 1 aromatic carbocycles. The average Bonchev–Trinajstić information content (AvgIpc) is 2.86. The van der Waals surface area contributed by atoms with Crippen LogP contribution in [-0.2, 0) is 6.61 Å². The summed E-state index contributed by atoms with van der Waals surface area (Å²) in [6.45, 7) is 0.237. The monoisotopic (exact) mass is 294 g/mol. The van der Waals surface area contributed by atoms with Crippen molar-refractivity contribution in [1.82, 2.24) is 9.97 Å². The highest BCUT2D eigenvalue weighted by molar-refractivity contribution is 7.16. The van der Waals surface area contributed by atoms with E-state index in [4.69, 9.17) is 16.3 Å². The first-order chi connectivity index (χ1) is 9.24. The second-order valence-electron chi connectivity index (χ2n) is 3.84. The minimum Gasteiger partial charge on any atom is -0.472 e. The summed E-state index contributed by atoms with van der Waals surface area (Å²) in [5, 5.41) is 3.14. The molecule has 0 radical (unpaired) electrons. The number of ether oxygens (including phenoxy) is 1. The molecule has 0 amide bonds. The first kappa shape index (κ1) is 12.3. The van der Waals surface area contributed by atoms with Crippen molar-refractivity contribution in [2.45, 2.75) is 6.61 Å². The summed E-state index contributed by atoms with van der Waals surface area (Å²) in [5.41, 5.74) is 0.713. The van der Waals surface area contributed by atoms with Gasteiger partial charge in [0, 0.05) is 5.56 Å². The largest absolute Gasteiger partial charge is 0.472 e. The molecule has 3 rings (SSSR count). The molecule has 0 N–H and O–H groups in total. The van der Waals surface area contributed by atoms with Gasteiger partial charge in [-0.05, 0) is 23.6 Å². The van der Waals surface area contributed by atoms with Crippen LogP contribution in [0.5, 0.6) is 5.88 Å². The van der Waals surface area contributed by atoms with E-state index < -0.39 is 0 Å². The number of nitrogens with zero attached hydrogens (tertiary/aromatic N) is 2. The number of halogens is 2. The lowest BCUT2D eigenvalue weighted by Crippen LogP contribution is -1.99. The molecule has 0 bridgehead atoms. The Balaban J connectivity index is 1.84. The summed E-state index contributed by atoms with van der Waals surface area (Å²) in [7, 11) is 0. The number of fused-ring (bicyclic) bond motifs is 1. The van der Waals surface area contributed by atoms with E-state index in [1.807, 2.05) is 11.4 Å². The Bertz CT molecular complexity index is 731. The van der Waals surface area contributed by atoms with Gasteiger partial charge in [0.25, 0.3) is 0 Å². The molecule has 19 heavy (non-hydrogen) atoms. The van der Waals surface area contributed by atoms with Crippen LogP contribution in [0.2, 0.25) is 5.02 Å². The SMILES string of the molecule is Fc1ccc(COc2ncnc3sccc23)c(Cl)c1. The van der Waals surface area contributed by atoms with Crippen molar-refractivity contribution in [2.24, 2.45) is 0 Å². The minimum absolute atomic E-state index is 0.237. The van der Waals surface area contributed by atoms with Crippen molar-refractivity contribution in [3.63, 3.8) is 0 Å². The highest BCUT2D eigenvalue weighted by Gasteiger charge is 2.08. The van der Waals surface area contributed by atoms with Crippen LogP contribution in [0.25, 0.3) is 10.2 Å². The van der Waals surface area contributed by atoms with Crippen molar-refractivity contribution < 1.29 is 9.13 Å². The van der Waals surface area contributed by atoms with Crippen LogP contribution in [0.4, 0.5) is 4.39 Å². The third-order valence-corrected chi connectivity index (χ3v) is 3.78. The Labute approximate surface area is 117 Å². The topological polar surface area (TPSA) is 35.0 Å². The lowest BCUT2D eigenvalue weighted by Gasteiger charge is -2.07. The predicted octanol–water partition coefficient (Wildman–Crippen LogP) is 4.06. The molecular formula is C13H8ClFN2OS. The summed E-state index contributed by atoms with van der Waals surface area (Å²) in [4.78, 5) is 9.11. The Hall–Kier alpha value is -1.72. The average molecular weight is 295 g/mol. The molecule has 0 unspecified atom stereocenters. The summed E-state index contributed by atoms with van der Waals surface area (Å²) >= 11 is 7.46. The molecule has 0 aliphatic carbocycles. The number of hydrogen-bond donors (Lipinski definition) is 0. The molecule has 6 heteroatoms. The van der Waals surface area contributed by atoms with Crippen molar-refractivity contribution in [1.29, 1.82) is 0 Å². The Morgan fingerprint density at radius 3 is 3.00 bits per heavy atom. The molecule has 2 aromatic heterocycles. The van der Waals surface area contributed by atoms with Gasteiger partial charge in [0.15, 0.2) is 0 Å². The second-order valence-corrected chi connectivity index (χ2v) is 5.14. The predicted molar refractivity (Wildman–Crippen MR) is 73.2 cm³/mol. The summed E-state index contributed by atoms with van der Waals surface area (Å²) < 4.78 is 18.6. The second kappa shape index (κ2) is 5.11. The zero-order valence-corrected chi connectivity index (χ0v) is 11.2. The van der Waals surface area contributed by atoms with Gasteiger partial charge >= 0.3 is 0 Å². The van der Waals surface area contributed by atoms with Crippen LogP contribution in [0, 0.1) is 5.82 Å². The number of rotatable bonds is 3. The van der Waals surface area contributed by atoms with E-state index in [9.17, 15) is 4.39 Å². The zero-order chi connectivity index (χ0) is 13.2. The first-order valence-electron chi connectivity index (χ1n) is 5.49. The maximum absolute atomic E-state index is 12.9. The Morgan fingerprint density at radius 1 is 1.26 bits per heavy atom. The quantitative estimate of drug-likeness (QED) is 0.730. The third-order valence-electron chi connectivity index (χ3n) is 2.60. The smallest absolute Gasteiger partial charge is 0.225 e. The van der Waals surface area contributed by atoms with Crippen LogP contribution < -0.4 is 4.74 Å². The van der Waals surface area contributed by atoms with Crippen molar-refractivity contribution in [3.8, 4) is 5.88 Å². The third kappa shape index (κ3) is 2.52. The van der Waals surface area contributed by atoms with Gasteiger partial charge in [-0.25, -0.2) is 14.4 Å². The fraction of sp³-hybridized carbons (Fsp3) is 0.0769. The molecule has 0 saturated heterocycles. The van der Waals surface area contributed by atoms with Gasteiger partial charge in [0.1, 0.15) is 23.6 Å². The molecule has 0 saturated carbocycles. The van der Waals surface area contributed by atoms with Crippen LogP contribution in [0.15, 0.2) is 36.0 Å². The van der Waals surface area contributed by atoms with Crippen molar-refractivity contribution in [3.05, 3.63) is 52.4 Å². The zero-order valence-electron chi connectivity index (χ0n) is 9.64. The van der Waals surface area contributed by atoms with E-state index in [2.05, 4.69) is 9.97 Å². The highest BCUT2D eigenvalue weighted by Crippen LogP contribution is 2.27. The summed E-state index contributed by atoms with van der Waals surface area (Å²) in [6, 6.07) is 6.12. The van der Waals surface area contributed by atoms with Crippen LogP contribution in [-0.4, -0.2) is 9.97 Å². The lowest BCUT2D eigenvalue weighted by atomic mass is 10.2. The van der Waals surface area contributed by atoms with E-state index in [0.717, 1.165) is 10.2 Å². The number of benzene rings is 1. The van der Waals surface area contributed by atoms with Crippen molar-refractivity contribution >= 4 is 33.2 Å². The van der Waals surface area contributed by atoms with E-state index in [1.54, 1.807) is 6.07 Å². The maximum atomic E-state index is 12.9. The van der Waals surface area contributed by atoms with Crippen molar-refractivity contribution in [2.75, 3.05) is 0 Å². The molecule has 0 aliphatic rings. The molecule has 0 spiro atoms. The maximum Gasteiger partial charge on any atom is 0.225 e. The number of thiophene rings is 1. The number of aromatic nitrogens is 2. The molecule has 3 aromatic rings. The first-order valence-corrected chi connectivity index (χ1v) is 6.75. The fourth-order valence-electron chi connectivity index (χ4n) is 1.67. The van der Waals surface area contributed by atoms with Crippen LogP contribution in [0.1, 0.15) is 5.56 Å². The molecule has 0 fully saturated rings. The van der Waals surface area contributed by atoms with Gasteiger partial charge in [-0.1, -0.05) is 17.7 Å². The van der Waals surface area contributed by atoms with E-state index in [0.29, 0.717) is 16.5 Å². The van der Waals surface area contributed by atoms with Gasteiger partial charge in [0.2, 0.25) is 5.88 Å². The van der Waals surface area contributed by atoms with E-state index >= 15 is 0 Å². The lowest BCUT2D eigenvalue weighted by molar-refractivity contribution is 0.297. The van der Waals surface area contributed by atoms with Crippen LogP contribution in [0.3, 0.4) is 0 Å². The van der Waals surface area contributed by atoms with E-state index in [-0.39, 0.29) is 12.4 Å². The van der Waals surface area contributed by atoms with Gasteiger partial charge < -0.3 is 4.74 Å². The minimum atomic E-state index is -0.365. The Morgan fingerprint density at radius 2 is 2.16 bits per heavy atom. The van der Waals surface area contributed by atoms with Gasteiger partial charge in [-0.3, -0.25) is 0 Å². The number of hydrogen-bond acceptors (Lipinski definition) is 4. The normalized spacial score (nSPS) is 10.8. The van der Waals surface area contributed by atoms with Gasteiger partial charge in [0.05, 0.1) is 10.4 Å². The van der Waals surface area contributed by atoms with Gasteiger partial charge in [-0.2, -0.15) is 0 Å². The summed E-state index contributed by atoms with van der Waals surface area (Å²) in [5.74, 6) is 0.141. The molecule has 0 aliphatic heterocycles.